The number of likely N-dealkylation sites (tertiary alicyclic amines) is 2. The number of piperidine rings is 1. The molecule has 0 aromatic heterocycles. The number of carbonyl (C=O) groups excluding carboxylic acids is 1. The van der Waals surface area contributed by atoms with E-state index >= 15 is 0 Å². The second kappa shape index (κ2) is 10.7. The maximum absolute atomic E-state index is 13.3. The fraction of sp³-hybridized carbons (Fsp3) is 0.696. The molecule has 2 aliphatic heterocycles. The lowest BCUT2D eigenvalue weighted by atomic mass is 9.97. The van der Waals surface area contributed by atoms with E-state index in [2.05, 4.69) is 16.7 Å². The van der Waals surface area contributed by atoms with Gasteiger partial charge in [-0.2, -0.15) is 0 Å². The minimum absolute atomic E-state index is 0.155. The van der Waals surface area contributed by atoms with Crippen LogP contribution in [0.15, 0.2) is 24.3 Å². The van der Waals surface area contributed by atoms with E-state index in [9.17, 15) is 4.79 Å². The Labute approximate surface area is 164 Å². The molecule has 0 bridgehead atoms. The standard InChI is InChI=1S/C23H36N2O2/c1-2-19-27-22-13-6-5-12-21(22)23(26)25-17-10-7-11-20(25)14-18-24-15-8-3-4-9-16-24/h5-6,12-13,20H,2-4,7-11,14-19H2,1H3/t20-/m1/s1. The third kappa shape index (κ3) is 5.71. The number of amides is 1. The topological polar surface area (TPSA) is 32.8 Å². The molecule has 150 valence electrons. The van der Waals surface area contributed by atoms with Gasteiger partial charge in [0, 0.05) is 19.1 Å². The van der Waals surface area contributed by atoms with Crippen LogP contribution in [0, 0.1) is 0 Å². The number of nitrogens with zero attached hydrogens (tertiary/aromatic N) is 2. The molecule has 27 heavy (non-hydrogen) atoms. The van der Waals surface area contributed by atoms with Gasteiger partial charge in [0.15, 0.2) is 0 Å². The van der Waals surface area contributed by atoms with Crippen molar-refractivity contribution in [2.45, 2.75) is 70.8 Å². The van der Waals surface area contributed by atoms with E-state index in [1.165, 1.54) is 45.2 Å². The number of benzene rings is 1. The number of para-hydroxylation sites is 1. The zero-order chi connectivity index (χ0) is 18.9. The fourth-order valence-corrected chi connectivity index (χ4v) is 4.40. The van der Waals surface area contributed by atoms with Gasteiger partial charge >= 0.3 is 0 Å². The van der Waals surface area contributed by atoms with E-state index < -0.39 is 0 Å². The molecule has 0 aliphatic carbocycles. The van der Waals surface area contributed by atoms with E-state index in [0.717, 1.165) is 50.1 Å². The summed E-state index contributed by atoms with van der Waals surface area (Å²) in [5.74, 6) is 0.892. The van der Waals surface area contributed by atoms with Crippen molar-refractivity contribution in [1.29, 1.82) is 0 Å². The van der Waals surface area contributed by atoms with Crippen molar-refractivity contribution in [3.63, 3.8) is 0 Å². The smallest absolute Gasteiger partial charge is 0.257 e. The molecule has 2 saturated heterocycles. The molecule has 3 rings (SSSR count). The molecule has 2 aliphatic rings. The highest BCUT2D eigenvalue weighted by Gasteiger charge is 2.29. The predicted molar refractivity (Wildman–Crippen MR) is 110 cm³/mol. The van der Waals surface area contributed by atoms with Crippen molar-refractivity contribution in [3.8, 4) is 5.75 Å². The highest BCUT2D eigenvalue weighted by atomic mass is 16.5. The monoisotopic (exact) mass is 372 g/mol. The van der Waals surface area contributed by atoms with E-state index in [0.29, 0.717) is 12.6 Å². The molecule has 0 spiro atoms. The first-order valence-corrected chi connectivity index (χ1v) is 11.0. The normalized spacial score (nSPS) is 21.7. The van der Waals surface area contributed by atoms with Crippen molar-refractivity contribution in [2.75, 3.05) is 32.8 Å². The van der Waals surface area contributed by atoms with Crippen LogP contribution in [0.1, 0.15) is 75.1 Å². The number of ether oxygens (including phenoxy) is 1. The lowest BCUT2D eigenvalue weighted by Crippen LogP contribution is -2.45. The minimum Gasteiger partial charge on any atom is -0.493 e. The Morgan fingerprint density at radius 2 is 1.78 bits per heavy atom. The molecule has 1 atom stereocenters. The van der Waals surface area contributed by atoms with Crippen LogP contribution in [0.25, 0.3) is 0 Å². The summed E-state index contributed by atoms with van der Waals surface area (Å²) in [6.07, 6.45) is 10.9. The van der Waals surface area contributed by atoms with Crippen LogP contribution < -0.4 is 4.74 Å². The molecular formula is C23H36N2O2. The third-order valence-corrected chi connectivity index (χ3v) is 5.94. The Hall–Kier alpha value is -1.55. The number of rotatable bonds is 7. The second-order valence-electron chi connectivity index (χ2n) is 8.04. The van der Waals surface area contributed by atoms with E-state index in [4.69, 9.17) is 4.74 Å². The van der Waals surface area contributed by atoms with Crippen LogP contribution in [0.4, 0.5) is 0 Å². The molecule has 2 fully saturated rings. The summed E-state index contributed by atoms with van der Waals surface area (Å²) in [6.45, 7) is 7.22. The summed E-state index contributed by atoms with van der Waals surface area (Å²) in [7, 11) is 0. The summed E-state index contributed by atoms with van der Waals surface area (Å²) >= 11 is 0. The molecule has 1 amide bonds. The lowest BCUT2D eigenvalue weighted by Gasteiger charge is -2.37. The molecule has 4 heteroatoms. The van der Waals surface area contributed by atoms with Crippen LogP contribution in [-0.2, 0) is 0 Å². The van der Waals surface area contributed by atoms with Gasteiger partial charge in [-0.15, -0.1) is 0 Å². The van der Waals surface area contributed by atoms with Gasteiger partial charge < -0.3 is 14.5 Å². The highest BCUT2D eigenvalue weighted by Crippen LogP contribution is 2.26. The number of hydrogen-bond donors (Lipinski definition) is 0. The van der Waals surface area contributed by atoms with Gasteiger partial charge in [-0.25, -0.2) is 0 Å². The fourth-order valence-electron chi connectivity index (χ4n) is 4.40. The Morgan fingerprint density at radius 3 is 2.56 bits per heavy atom. The first-order chi connectivity index (χ1) is 13.3. The average Bonchev–Trinajstić information content (AvgIpc) is 2.99. The van der Waals surface area contributed by atoms with Crippen LogP contribution in [-0.4, -0.2) is 54.5 Å². The van der Waals surface area contributed by atoms with Crippen molar-refractivity contribution < 1.29 is 9.53 Å². The van der Waals surface area contributed by atoms with Crippen molar-refractivity contribution in [1.82, 2.24) is 9.80 Å². The van der Waals surface area contributed by atoms with Crippen LogP contribution >= 0.6 is 0 Å². The maximum atomic E-state index is 13.3. The van der Waals surface area contributed by atoms with Gasteiger partial charge in [0.25, 0.3) is 5.91 Å². The van der Waals surface area contributed by atoms with Crippen LogP contribution in [0.5, 0.6) is 5.75 Å². The van der Waals surface area contributed by atoms with E-state index in [1.807, 2.05) is 24.3 Å². The molecule has 0 N–H and O–H groups in total. The zero-order valence-corrected chi connectivity index (χ0v) is 17.0. The lowest BCUT2D eigenvalue weighted by molar-refractivity contribution is 0.0580. The Morgan fingerprint density at radius 1 is 1.04 bits per heavy atom. The minimum atomic E-state index is 0.155. The summed E-state index contributed by atoms with van der Waals surface area (Å²) in [5, 5.41) is 0. The zero-order valence-electron chi connectivity index (χ0n) is 17.0. The number of carbonyl (C=O) groups is 1. The van der Waals surface area contributed by atoms with Crippen LogP contribution in [0.3, 0.4) is 0 Å². The molecular weight excluding hydrogens is 336 g/mol. The Kier molecular flexibility index (Phi) is 8.00. The predicted octanol–water partition coefficient (Wildman–Crippen LogP) is 4.74. The molecule has 2 heterocycles. The largest absolute Gasteiger partial charge is 0.493 e. The van der Waals surface area contributed by atoms with E-state index in [-0.39, 0.29) is 5.91 Å². The van der Waals surface area contributed by atoms with Gasteiger partial charge in [-0.05, 0) is 70.2 Å². The SMILES string of the molecule is CCCOc1ccccc1C(=O)N1CCCC[C@@H]1CCN1CCCCCC1. The molecule has 0 saturated carbocycles. The molecule has 1 aromatic carbocycles. The number of hydrogen-bond acceptors (Lipinski definition) is 3. The molecule has 1 aromatic rings. The van der Waals surface area contributed by atoms with Gasteiger partial charge in [0.05, 0.1) is 12.2 Å². The Bertz CT molecular complexity index is 581. The highest BCUT2D eigenvalue weighted by molar-refractivity contribution is 5.97. The Balaban J connectivity index is 1.64. The van der Waals surface area contributed by atoms with Crippen LogP contribution in [0.2, 0.25) is 0 Å². The van der Waals surface area contributed by atoms with Crippen molar-refractivity contribution in [2.24, 2.45) is 0 Å². The third-order valence-electron chi connectivity index (χ3n) is 5.94. The average molecular weight is 373 g/mol. The van der Waals surface area contributed by atoms with E-state index in [1.54, 1.807) is 0 Å². The summed E-state index contributed by atoms with van der Waals surface area (Å²) in [4.78, 5) is 18.1. The summed E-state index contributed by atoms with van der Waals surface area (Å²) in [5.41, 5.74) is 0.729. The summed E-state index contributed by atoms with van der Waals surface area (Å²) in [6, 6.07) is 8.12. The van der Waals surface area contributed by atoms with Gasteiger partial charge in [0.1, 0.15) is 5.75 Å². The molecule has 0 unspecified atom stereocenters. The van der Waals surface area contributed by atoms with Crippen molar-refractivity contribution >= 4 is 5.91 Å². The first-order valence-electron chi connectivity index (χ1n) is 11.0. The van der Waals surface area contributed by atoms with Gasteiger partial charge in [-0.3, -0.25) is 4.79 Å². The van der Waals surface area contributed by atoms with Gasteiger partial charge in [0.2, 0.25) is 0 Å². The quantitative estimate of drug-likeness (QED) is 0.693. The maximum Gasteiger partial charge on any atom is 0.257 e. The molecule has 4 nitrogen and oxygen atoms in total. The second-order valence-corrected chi connectivity index (χ2v) is 8.04. The van der Waals surface area contributed by atoms with Crippen molar-refractivity contribution in [3.05, 3.63) is 29.8 Å². The first kappa shape index (κ1) is 20.2. The van der Waals surface area contributed by atoms with Gasteiger partial charge in [-0.1, -0.05) is 31.9 Å². The molecule has 0 radical (unpaired) electrons. The summed E-state index contributed by atoms with van der Waals surface area (Å²) < 4.78 is 5.85.